The van der Waals surface area contributed by atoms with Gasteiger partial charge in [-0.25, -0.2) is 8.42 Å². The first-order chi connectivity index (χ1) is 5.00. The van der Waals surface area contributed by atoms with Gasteiger partial charge in [0.25, 0.3) is 0 Å². The Bertz CT molecular complexity index is 339. The van der Waals surface area contributed by atoms with Gasteiger partial charge >= 0.3 is 0 Å². The summed E-state index contributed by atoms with van der Waals surface area (Å²) < 4.78 is 21.8. The zero-order chi connectivity index (χ0) is 8.48. The summed E-state index contributed by atoms with van der Waals surface area (Å²) in [5, 5.41) is 0. The van der Waals surface area contributed by atoms with E-state index in [2.05, 4.69) is 6.07 Å². The SMILES string of the molecule is CS(=O)(=O)c1c[c]c(N)cc1. The quantitative estimate of drug-likeness (QED) is 0.623. The van der Waals surface area contributed by atoms with Gasteiger partial charge in [-0.15, -0.1) is 0 Å². The Balaban J connectivity index is 3.20. The van der Waals surface area contributed by atoms with Crippen LogP contribution in [-0.4, -0.2) is 14.7 Å². The monoisotopic (exact) mass is 170 g/mol. The Morgan fingerprint density at radius 3 is 2.45 bits per heavy atom. The molecule has 0 saturated heterocycles. The first kappa shape index (κ1) is 8.07. The van der Waals surface area contributed by atoms with Crippen molar-refractivity contribution < 1.29 is 8.42 Å². The van der Waals surface area contributed by atoms with Crippen LogP contribution in [0.4, 0.5) is 5.69 Å². The number of hydrogen-bond acceptors (Lipinski definition) is 3. The van der Waals surface area contributed by atoms with Crippen molar-refractivity contribution >= 4 is 15.5 Å². The van der Waals surface area contributed by atoms with Crippen LogP contribution in [0.15, 0.2) is 23.1 Å². The maximum absolute atomic E-state index is 10.9. The van der Waals surface area contributed by atoms with Crippen LogP contribution in [-0.2, 0) is 9.84 Å². The molecule has 59 valence electrons. The number of nitrogens with two attached hydrogens (primary N) is 1. The third-order valence-corrected chi connectivity index (χ3v) is 2.35. The van der Waals surface area contributed by atoms with Gasteiger partial charge in [0, 0.05) is 18.0 Å². The molecule has 0 amide bonds. The number of sulfone groups is 1. The minimum atomic E-state index is -3.11. The Morgan fingerprint density at radius 1 is 1.45 bits per heavy atom. The maximum atomic E-state index is 10.9. The van der Waals surface area contributed by atoms with Crippen molar-refractivity contribution in [3.8, 4) is 0 Å². The molecule has 0 aliphatic heterocycles. The maximum Gasteiger partial charge on any atom is 0.175 e. The molecule has 1 radical (unpaired) electrons. The number of nitrogen functional groups attached to an aromatic ring is 1. The lowest BCUT2D eigenvalue weighted by Gasteiger charge is -1.96. The summed E-state index contributed by atoms with van der Waals surface area (Å²) in [6, 6.07) is 6.94. The van der Waals surface area contributed by atoms with E-state index in [1.54, 1.807) is 0 Å². The predicted molar refractivity (Wildman–Crippen MR) is 42.8 cm³/mol. The lowest BCUT2D eigenvalue weighted by Crippen LogP contribution is -1.96. The summed E-state index contributed by atoms with van der Waals surface area (Å²) in [5.41, 5.74) is 5.76. The zero-order valence-corrected chi connectivity index (χ0v) is 6.85. The average molecular weight is 170 g/mol. The lowest BCUT2D eigenvalue weighted by atomic mass is 10.3. The van der Waals surface area contributed by atoms with Gasteiger partial charge in [-0.1, -0.05) is 0 Å². The molecule has 0 aliphatic rings. The second-order valence-corrected chi connectivity index (χ2v) is 4.27. The Kier molecular flexibility index (Phi) is 1.87. The van der Waals surface area contributed by atoms with E-state index in [4.69, 9.17) is 5.73 Å². The third-order valence-electron chi connectivity index (χ3n) is 1.24. The van der Waals surface area contributed by atoms with Crippen molar-refractivity contribution in [3.05, 3.63) is 24.3 Å². The van der Waals surface area contributed by atoms with Gasteiger partial charge in [-0.3, -0.25) is 0 Å². The molecule has 1 aromatic rings. The molecule has 0 aromatic heterocycles. The van der Waals surface area contributed by atoms with Crippen LogP contribution in [0.2, 0.25) is 0 Å². The van der Waals surface area contributed by atoms with E-state index in [0.29, 0.717) is 5.69 Å². The second-order valence-electron chi connectivity index (χ2n) is 2.25. The Labute approximate surface area is 65.8 Å². The number of hydrogen-bond donors (Lipinski definition) is 1. The molecular weight excluding hydrogens is 162 g/mol. The van der Waals surface area contributed by atoms with Crippen LogP contribution in [0, 0.1) is 6.07 Å². The smallest absolute Gasteiger partial charge is 0.175 e. The molecule has 0 saturated carbocycles. The van der Waals surface area contributed by atoms with Crippen LogP contribution in [0.3, 0.4) is 0 Å². The third kappa shape index (κ3) is 1.94. The summed E-state index contributed by atoms with van der Waals surface area (Å²) in [4.78, 5) is 0.242. The van der Waals surface area contributed by atoms with Gasteiger partial charge in [-0.05, 0) is 18.2 Å². The molecule has 11 heavy (non-hydrogen) atoms. The van der Waals surface area contributed by atoms with Gasteiger partial charge in [-0.2, -0.15) is 0 Å². The van der Waals surface area contributed by atoms with Crippen molar-refractivity contribution in [1.29, 1.82) is 0 Å². The molecule has 0 atom stereocenters. The molecule has 1 aromatic carbocycles. The van der Waals surface area contributed by atoms with Crippen molar-refractivity contribution in [2.45, 2.75) is 4.90 Å². The predicted octanol–water partition coefficient (Wildman–Crippen LogP) is 0.472. The molecule has 0 heterocycles. The van der Waals surface area contributed by atoms with E-state index < -0.39 is 9.84 Å². The molecule has 2 N–H and O–H groups in total. The zero-order valence-electron chi connectivity index (χ0n) is 6.03. The van der Waals surface area contributed by atoms with Crippen molar-refractivity contribution in [3.63, 3.8) is 0 Å². The summed E-state index contributed by atoms with van der Waals surface area (Å²) in [5.74, 6) is 0. The molecule has 0 fully saturated rings. The summed E-state index contributed by atoms with van der Waals surface area (Å²) in [6.07, 6.45) is 1.15. The first-order valence-corrected chi connectivity index (χ1v) is 4.86. The number of anilines is 1. The van der Waals surface area contributed by atoms with Gasteiger partial charge in [0.1, 0.15) is 0 Å². The molecule has 0 unspecified atom stereocenters. The largest absolute Gasteiger partial charge is 0.398 e. The fraction of sp³-hybridized carbons (Fsp3) is 0.143. The van der Waals surface area contributed by atoms with E-state index in [1.165, 1.54) is 18.2 Å². The molecule has 0 aliphatic carbocycles. The molecule has 0 spiro atoms. The summed E-state index contributed by atoms with van der Waals surface area (Å²) in [6.45, 7) is 0. The van der Waals surface area contributed by atoms with Gasteiger partial charge in [0.15, 0.2) is 9.84 Å². The summed E-state index contributed by atoms with van der Waals surface area (Å²) >= 11 is 0. The van der Waals surface area contributed by atoms with Gasteiger partial charge < -0.3 is 5.73 Å². The highest BCUT2D eigenvalue weighted by Gasteiger charge is 2.04. The normalized spacial score (nSPS) is 11.4. The molecule has 1 rings (SSSR count). The Morgan fingerprint density at radius 2 is 2.09 bits per heavy atom. The van der Waals surface area contributed by atoms with Crippen molar-refractivity contribution in [2.75, 3.05) is 12.0 Å². The van der Waals surface area contributed by atoms with E-state index in [9.17, 15) is 8.42 Å². The first-order valence-electron chi connectivity index (χ1n) is 2.97. The number of benzene rings is 1. The molecule has 0 bridgehead atoms. The summed E-state index contributed by atoms with van der Waals surface area (Å²) in [7, 11) is -3.11. The van der Waals surface area contributed by atoms with Crippen LogP contribution >= 0.6 is 0 Å². The van der Waals surface area contributed by atoms with Crippen LogP contribution in [0.1, 0.15) is 0 Å². The van der Waals surface area contributed by atoms with E-state index >= 15 is 0 Å². The standard InChI is InChI=1S/C7H8NO2S/c1-11(9,10)7-4-2-6(8)3-5-7/h2,4-5H,8H2,1H3. The minimum Gasteiger partial charge on any atom is -0.398 e. The van der Waals surface area contributed by atoms with E-state index in [-0.39, 0.29) is 4.90 Å². The van der Waals surface area contributed by atoms with E-state index in [1.807, 2.05) is 0 Å². The van der Waals surface area contributed by atoms with Crippen LogP contribution < -0.4 is 5.73 Å². The molecule has 4 heteroatoms. The highest BCUT2D eigenvalue weighted by atomic mass is 32.2. The highest BCUT2D eigenvalue weighted by molar-refractivity contribution is 7.90. The van der Waals surface area contributed by atoms with Gasteiger partial charge in [0.2, 0.25) is 0 Å². The van der Waals surface area contributed by atoms with Crippen LogP contribution in [0.25, 0.3) is 0 Å². The molecular formula is C7H8NO2S. The van der Waals surface area contributed by atoms with Crippen LogP contribution in [0.5, 0.6) is 0 Å². The molecule has 3 nitrogen and oxygen atoms in total. The second kappa shape index (κ2) is 2.54. The minimum absolute atomic E-state index is 0.242. The lowest BCUT2D eigenvalue weighted by molar-refractivity contribution is 0.602. The van der Waals surface area contributed by atoms with Crippen molar-refractivity contribution in [2.24, 2.45) is 0 Å². The fourth-order valence-corrected chi connectivity index (χ4v) is 1.24. The number of rotatable bonds is 1. The van der Waals surface area contributed by atoms with Crippen molar-refractivity contribution in [1.82, 2.24) is 0 Å². The topological polar surface area (TPSA) is 60.2 Å². The van der Waals surface area contributed by atoms with Gasteiger partial charge in [0.05, 0.1) is 4.90 Å². The highest BCUT2D eigenvalue weighted by Crippen LogP contribution is 2.09. The fourth-order valence-electron chi connectivity index (χ4n) is 0.653. The Hall–Kier alpha value is -1.03. The van der Waals surface area contributed by atoms with E-state index in [0.717, 1.165) is 6.26 Å². The average Bonchev–Trinajstić information content (AvgIpc) is 1.86.